The van der Waals surface area contributed by atoms with E-state index in [-0.39, 0.29) is 41.7 Å². The second kappa shape index (κ2) is 10.2. The SMILES string of the molecule is C[C@@]12C(=O)N(c3ccccc3)C(=O)[C@@H]1C[C@@H]1C(=CC[C@@H]3C(=O)N(c4cccc(C(=O)O)c4)C(=O)[C@@H]31)[C@@H]2c1ccc(O)c2ccccc12. The zero-order valence-electron chi connectivity index (χ0n) is 25.4. The topological polar surface area (TPSA) is 132 Å². The number of rotatable bonds is 4. The summed E-state index contributed by atoms with van der Waals surface area (Å²) in [6.07, 6.45) is 2.44. The van der Waals surface area contributed by atoms with Crippen molar-refractivity contribution in [3.8, 4) is 5.75 Å². The molecule has 4 aromatic rings. The molecule has 234 valence electrons. The van der Waals surface area contributed by atoms with E-state index >= 15 is 0 Å². The summed E-state index contributed by atoms with van der Waals surface area (Å²) in [4.78, 5) is 71.3. The van der Waals surface area contributed by atoms with Gasteiger partial charge in [0.1, 0.15) is 5.75 Å². The minimum Gasteiger partial charge on any atom is -0.507 e. The molecule has 2 heterocycles. The number of imide groups is 2. The van der Waals surface area contributed by atoms with Crippen LogP contribution in [0.2, 0.25) is 0 Å². The molecule has 4 aliphatic rings. The Bertz CT molecular complexity index is 2090. The van der Waals surface area contributed by atoms with Crippen molar-refractivity contribution >= 4 is 51.7 Å². The van der Waals surface area contributed by atoms with Gasteiger partial charge in [0.15, 0.2) is 0 Å². The number of aromatic carboxylic acids is 1. The van der Waals surface area contributed by atoms with Gasteiger partial charge in [0.05, 0.1) is 40.1 Å². The van der Waals surface area contributed by atoms with Gasteiger partial charge < -0.3 is 10.2 Å². The Morgan fingerprint density at radius 2 is 1.47 bits per heavy atom. The molecule has 9 nitrogen and oxygen atoms in total. The smallest absolute Gasteiger partial charge is 0.335 e. The standard InChI is InChI=1S/C38H30N2O7/c1-38-29(34(43)40(37(38)47)21-9-3-2-4-10-21)19-28-26(32(38)25-16-17-30(41)24-13-6-5-12-23(24)25)14-15-27-31(28)35(44)39(33(27)42)22-11-7-8-20(18-22)36(45)46/h2-14,16-18,27-29,31-32,41H,15,19H2,1H3,(H,45,46)/t27-,28+,29-,31-,32-,38+/m0/s1. The van der Waals surface area contributed by atoms with Gasteiger partial charge >= 0.3 is 5.97 Å². The number of fused-ring (bicyclic) bond motifs is 5. The maximum atomic E-state index is 14.7. The molecule has 47 heavy (non-hydrogen) atoms. The molecular formula is C38H30N2O7. The molecule has 2 saturated heterocycles. The molecule has 0 aromatic heterocycles. The lowest BCUT2D eigenvalue weighted by Crippen LogP contribution is -2.49. The van der Waals surface area contributed by atoms with Gasteiger partial charge in [-0.15, -0.1) is 0 Å². The fraction of sp³-hybridized carbons (Fsp3) is 0.237. The Balaban J connectivity index is 1.30. The minimum absolute atomic E-state index is 0.0411. The number of hydrogen-bond donors (Lipinski definition) is 2. The van der Waals surface area contributed by atoms with Crippen molar-refractivity contribution < 1.29 is 34.2 Å². The van der Waals surface area contributed by atoms with E-state index in [1.165, 1.54) is 23.1 Å². The number of phenolic OH excluding ortho intramolecular Hbond substituents is 1. The predicted molar refractivity (Wildman–Crippen MR) is 173 cm³/mol. The molecule has 1 saturated carbocycles. The number of hydrogen-bond acceptors (Lipinski definition) is 6. The lowest BCUT2D eigenvalue weighted by molar-refractivity contribution is -0.131. The van der Waals surface area contributed by atoms with E-state index in [0.29, 0.717) is 11.1 Å². The van der Waals surface area contributed by atoms with Crippen LogP contribution in [0.15, 0.2) is 103 Å². The van der Waals surface area contributed by atoms with Crippen LogP contribution in [0, 0.1) is 29.1 Å². The van der Waals surface area contributed by atoms with Crippen LogP contribution in [0.4, 0.5) is 11.4 Å². The zero-order chi connectivity index (χ0) is 32.8. The third-order valence-corrected chi connectivity index (χ3v) is 10.9. The highest BCUT2D eigenvalue weighted by molar-refractivity contribution is 6.25. The van der Waals surface area contributed by atoms with E-state index in [9.17, 15) is 34.2 Å². The molecule has 9 heteroatoms. The summed E-state index contributed by atoms with van der Waals surface area (Å²) >= 11 is 0. The normalized spacial score (nSPS) is 28.3. The molecule has 0 radical (unpaired) electrons. The molecule has 0 unspecified atom stereocenters. The average Bonchev–Trinajstić information content (AvgIpc) is 3.45. The Morgan fingerprint density at radius 3 is 2.21 bits per heavy atom. The van der Waals surface area contributed by atoms with Gasteiger partial charge in [0, 0.05) is 11.3 Å². The first-order valence-corrected chi connectivity index (χ1v) is 15.7. The first kappa shape index (κ1) is 28.9. The van der Waals surface area contributed by atoms with Crippen molar-refractivity contribution in [2.45, 2.75) is 25.7 Å². The zero-order valence-corrected chi connectivity index (χ0v) is 25.4. The van der Waals surface area contributed by atoms with Crippen LogP contribution in [-0.2, 0) is 19.2 Å². The van der Waals surface area contributed by atoms with Crippen LogP contribution in [-0.4, -0.2) is 39.8 Å². The second-order valence-corrected chi connectivity index (χ2v) is 13.1. The molecule has 8 rings (SSSR count). The number of nitrogens with zero attached hydrogens (tertiary/aromatic N) is 2. The van der Waals surface area contributed by atoms with Crippen molar-refractivity contribution in [2.24, 2.45) is 29.1 Å². The quantitative estimate of drug-likeness (QED) is 0.220. The number of amides is 4. The Kier molecular flexibility index (Phi) is 6.28. The van der Waals surface area contributed by atoms with Crippen LogP contribution in [0.5, 0.6) is 5.75 Å². The maximum Gasteiger partial charge on any atom is 0.335 e. The van der Waals surface area contributed by atoms with E-state index in [1.54, 1.807) is 48.5 Å². The van der Waals surface area contributed by atoms with Crippen LogP contribution in [0.25, 0.3) is 10.8 Å². The molecule has 6 atom stereocenters. The van der Waals surface area contributed by atoms with Crippen LogP contribution in [0.3, 0.4) is 0 Å². The van der Waals surface area contributed by atoms with Crippen molar-refractivity contribution in [1.29, 1.82) is 0 Å². The van der Waals surface area contributed by atoms with Gasteiger partial charge in [0.2, 0.25) is 23.6 Å². The van der Waals surface area contributed by atoms with Crippen molar-refractivity contribution in [3.63, 3.8) is 0 Å². The third-order valence-electron chi connectivity index (χ3n) is 10.9. The summed E-state index contributed by atoms with van der Waals surface area (Å²) in [5, 5.41) is 21.7. The fourth-order valence-electron chi connectivity index (χ4n) is 8.77. The van der Waals surface area contributed by atoms with E-state index in [1.807, 2.05) is 37.3 Å². The number of anilines is 2. The van der Waals surface area contributed by atoms with Gasteiger partial charge in [-0.2, -0.15) is 0 Å². The summed E-state index contributed by atoms with van der Waals surface area (Å²) in [6, 6.07) is 25.4. The molecule has 3 fully saturated rings. The number of phenols is 1. The molecule has 4 aromatic carbocycles. The van der Waals surface area contributed by atoms with Crippen molar-refractivity contribution in [1.82, 2.24) is 0 Å². The summed E-state index contributed by atoms with van der Waals surface area (Å²) in [5.74, 6) is -6.03. The van der Waals surface area contributed by atoms with Gasteiger partial charge in [-0.25, -0.2) is 9.69 Å². The minimum atomic E-state index is -1.22. The molecule has 0 bridgehead atoms. The fourth-order valence-corrected chi connectivity index (χ4v) is 8.77. The average molecular weight is 627 g/mol. The number of carbonyl (C=O) groups is 5. The van der Waals surface area contributed by atoms with E-state index < -0.39 is 52.8 Å². The van der Waals surface area contributed by atoms with Gasteiger partial charge in [-0.05, 0) is 73.0 Å². The van der Waals surface area contributed by atoms with Gasteiger partial charge in [-0.1, -0.05) is 66.2 Å². The Labute approximate surface area is 269 Å². The third kappa shape index (κ3) is 3.92. The number of para-hydroxylation sites is 1. The number of benzene rings is 4. The van der Waals surface area contributed by atoms with E-state index in [2.05, 4.69) is 0 Å². The van der Waals surface area contributed by atoms with Crippen molar-refractivity contribution in [2.75, 3.05) is 9.80 Å². The highest BCUT2D eigenvalue weighted by atomic mass is 16.4. The van der Waals surface area contributed by atoms with Gasteiger partial charge in [0.25, 0.3) is 0 Å². The van der Waals surface area contributed by atoms with Crippen molar-refractivity contribution in [3.05, 3.63) is 114 Å². The van der Waals surface area contributed by atoms with E-state index in [4.69, 9.17) is 0 Å². The van der Waals surface area contributed by atoms with Crippen LogP contribution < -0.4 is 9.80 Å². The molecule has 0 spiro atoms. The molecule has 2 aliphatic heterocycles. The summed E-state index contributed by atoms with van der Waals surface area (Å²) in [6.45, 7) is 1.83. The highest BCUT2D eigenvalue weighted by Gasteiger charge is 2.67. The number of carboxylic acids is 1. The molecule has 4 amide bonds. The monoisotopic (exact) mass is 626 g/mol. The Morgan fingerprint density at radius 1 is 0.766 bits per heavy atom. The summed E-state index contributed by atoms with van der Waals surface area (Å²) in [7, 11) is 0. The summed E-state index contributed by atoms with van der Waals surface area (Å²) in [5.41, 5.74) is 1.00. The lowest BCUT2D eigenvalue weighted by Gasteiger charge is -2.49. The van der Waals surface area contributed by atoms with Crippen LogP contribution >= 0.6 is 0 Å². The largest absolute Gasteiger partial charge is 0.507 e. The van der Waals surface area contributed by atoms with Gasteiger partial charge in [-0.3, -0.25) is 24.1 Å². The first-order chi connectivity index (χ1) is 22.6. The second-order valence-electron chi connectivity index (χ2n) is 13.1. The molecular weight excluding hydrogens is 596 g/mol. The first-order valence-electron chi connectivity index (χ1n) is 15.7. The molecule has 2 N–H and O–H groups in total. The number of carbonyl (C=O) groups excluding carboxylic acids is 4. The maximum absolute atomic E-state index is 14.7. The Hall–Kier alpha value is -5.57. The van der Waals surface area contributed by atoms with Crippen LogP contribution in [0.1, 0.15) is 41.6 Å². The predicted octanol–water partition coefficient (Wildman–Crippen LogP) is 5.68. The van der Waals surface area contributed by atoms with E-state index in [0.717, 1.165) is 21.4 Å². The number of allylic oxidation sites excluding steroid dienone is 2. The summed E-state index contributed by atoms with van der Waals surface area (Å²) < 4.78 is 0. The number of aromatic hydroxyl groups is 1. The lowest BCUT2D eigenvalue weighted by atomic mass is 9.51. The molecule has 2 aliphatic carbocycles. The number of carboxylic acid groups (broad SMARTS) is 1. The highest BCUT2D eigenvalue weighted by Crippen LogP contribution is 2.64.